The Hall–Kier alpha value is -7.30. The number of benzene rings is 4. The predicted molar refractivity (Wildman–Crippen MR) is 305 cm³/mol. The van der Waals surface area contributed by atoms with Gasteiger partial charge in [-0.25, -0.2) is 4.98 Å². The Balaban J connectivity index is 0.792. The lowest BCUT2D eigenvalue weighted by Gasteiger charge is -2.37. The van der Waals surface area contributed by atoms with E-state index in [4.69, 9.17) is 14.2 Å². The van der Waals surface area contributed by atoms with Gasteiger partial charge in [0.15, 0.2) is 0 Å². The van der Waals surface area contributed by atoms with E-state index in [2.05, 4.69) is 50.6 Å². The van der Waals surface area contributed by atoms with Crippen molar-refractivity contribution in [3.8, 4) is 33.1 Å². The molecule has 16 heteroatoms. The molecule has 4 amide bonds. The highest BCUT2D eigenvalue weighted by Crippen LogP contribution is 2.36. The molecule has 0 radical (unpaired) electrons. The molecule has 0 spiro atoms. The molecule has 3 N–H and O–H groups in total. The van der Waals surface area contributed by atoms with Gasteiger partial charge in [-0.15, -0.1) is 11.3 Å². The average Bonchev–Trinajstić information content (AvgIpc) is 4.21. The third-order valence-electron chi connectivity index (χ3n) is 15.6. The second-order valence-corrected chi connectivity index (χ2v) is 22.1. The Bertz CT molecular complexity index is 3200. The van der Waals surface area contributed by atoms with E-state index in [1.54, 1.807) is 27.2 Å². The number of aromatic nitrogens is 2. The standard InChI is InChI=1S/C62H73N7O8S/c1-9-67(48-23-28-75-29-24-48)55-32-47(31-51(40(55)6)58(70)63-34-53-38(4)30-39(5)65-59(53)71)44-17-20-49(21-18-44)76-26-11-27-77-50-22-19-46-35-69(61(73)52(46)33-50)56(37(2)3)62(74)68-25-10-12-54(68)60(72)66-41(7)43-13-15-45(16-14-43)57-42(8)64-36-78-57/h13-22,30-33,36-37,41,48,54,56H,9-12,23-29,34-35H2,1-8H3,(H,63,70)(H,65,71)(H,66,72). The maximum absolute atomic E-state index is 14.5. The number of amides is 4. The van der Waals surface area contributed by atoms with E-state index < -0.39 is 12.1 Å². The molecule has 3 atom stereocenters. The fourth-order valence-electron chi connectivity index (χ4n) is 11.3. The minimum Gasteiger partial charge on any atom is -0.493 e. The zero-order valence-corrected chi connectivity index (χ0v) is 47.0. The van der Waals surface area contributed by atoms with Crippen LogP contribution >= 0.6 is 11.3 Å². The van der Waals surface area contributed by atoms with Crippen molar-refractivity contribution in [2.24, 2.45) is 5.92 Å². The Morgan fingerprint density at radius 2 is 1.56 bits per heavy atom. The first-order chi connectivity index (χ1) is 37.6. The molecular weight excluding hydrogens is 1000 g/mol. The van der Waals surface area contributed by atoms with Gasteiger partial charge in [0.1, 0.15) is 23.6 Å². The zero-order valence-electron chi connectivity index (χ0n) is 46.2. The number of anilines is 1. The van der Waals surface area contributed by atoms with Gasteiger partial charge in [0.2, 0.25) is 11.8 Å². The first kappa shape index (κ1) is 55.5. The minimum atomic E-state index is -0.741. The van der Waals surface area contributed by atoms with E-state index in [1.165, 1.54) is 0 Å². The fraction of sp³-hybridized carbons (Fsp3) is 0.419. The molecule has 410 valence electrons. The number of likely N-dealkylation sites (tertiary alicyclic amines) is 1. The summed E-state index contributed by atoms with van der Waals surface area (Å²) in [5.41, 5.74) is 12.4. The van der Waals surface area contributed by atoms with Crippen LogP contribution in [0.15, 0.2) is 95.2 Å². The number of ether oxygens (including phenoxy) is 3. The molecule has 78 heavy (non-hydrogen) atoms. The van der Waals surface area contributed by atoms with Crippen molar-refractivity contribution >= 4 is 40.7 Å². The van der Waals surface area contributed by atoms with Gasteiger partial charge in [-0.2, -0.15) is 0 Å². The number of carbonyl (C=O) groups excluding carboxylic acids is 4. The van der Waals surface area contributed by atoms with Gasteiger partial charge in [-0.05, 0) is 155 Å². The molecule has 3 unspecified atom stereocenters. The summed E-state index contributed by atoms with van der Waals surface area (Å²) in [4.78, 5) is 83.4. The summed E-state index contributed by atoms with van der Waals surface area (Å²) in [5, 5.41) is 6.19. The molecule has 9 rings (SSSR count). The van der Waals surface area contributed by atoms with Crippen molar-refractivity contribution in [2.75, 3.05) is 44.4 Å². The molecule has 3 aliphatic rings. The van der Waals surface area contributed by atoms with E-state index in [-0.39, 0.29) is 53.7 Å². The van der Waals surface area contributed by atoms with E-state index in [1.807, 2.05) is 115 Å². The second kappa shape index (κ2) is 24.6. The number of fused-ring (bicyclic) bond motifs is 1. The van der Waals surface area contributed by atoms with E-state index in [0.717, 1.165) is 80.3 Å². The van der Waals surface area contributed by atoms with Crippen molar-refractivity contribution in [3.63, 3.8) is 0 Å². The van der Waals surface area contributed by atoms with Gasteiger partial charge in [0.25, 0.3) is 17.4 Å². The Labute approximate surface area is 461 Å². The Morgan fingerprint density at radius 1 is 0.859 bits per heavy atom. The van der Waals surface area contributed by atoms with Gasteiger partial charge in [0, 0.05) is 79.9 Å². The first-order valence-corrected chi connectivity index (χ1v) is 28.4. The molecule has 4 aromatic carbocycles. The summed E-state index contributed by atoms with van der Waals surface area (Å²) < 4.78 is 18.0. The van der Waals surface area contributed by atoms with Gasteiger partial charge in [-0.3, -0.25) is 24.0 Å². The quantitative estimate of drug-likeness (QED) is 0.0624. The van der Waals surface area contributed by atoms with Crippen molar-refractivity contribution in [3.05, 3.63) is 151 Å². The molecule has 0 aliphatic carbocycles. The second-order valence-electron chi connectivity index (χ2n) is 21.2. The lowest BCUT2D eigenvalue weighted by molar-refractivity contribution is -0.143. The van der Waals surface area contributed by atoms with Crippen LogP contribution in [0.5, 0.6) is 11.5 Å². The van der Waals surface area contributed by atoms with Crippen LogP contribution in [0.3, 0.4) is 0 Å². The molecule has 6 aromatic rings. The molecular formula is C62H73N7O8S. The molecule has 5 heterocycles. The number of hydrogen-bond acceptors (Lipinski definition) is 11. The Morgan fingerprint density at radius 3 is 2.24 bits per heavy atom. The Kier molecular flexibility index (Phi) is 17.5. The van der Waals surface area contributed by atoms with Crippen LogP contribution in [-0.4, -0.2) is 101 Å². The van der Waals surface area contributed by atoms with Crippen molar-refractivity contribution in [2.45, 2.75) is 125 Å². The summed E-state index contributed by atoms with van der Waals surface area (Å²) >= 11 is 1.60. The van der Waals surface area contributed by atoms with Gasteiger partial charge in [0.05, 0.1) is 35.3 Å². The number of carbonyl (C=O) groups is 4. The number of rotatable bonds is 20. The van der Waals surface area contributed by atoms with Gasteiger partial charge >= 0.3 is 0 Å². The number of thiazole rings is 1. The zero-order chi connectivity index (χ0) is 55.2. The normalized spacial score (nSPS) is 16.3. The highest BCUT2D eigenvalue weighted by molar-refractivity contribution is 7.13. The van der Waals surface area contributed by atoms with Crippen LogP contribution in [0.4, 0.5) is 5.69 Å². The third kappa shape index (κ3) is 12.2. The van der Waals surface area contributed by atoms with E-state index in [0.29, 0.717) is 87.0 Å². The smallest absolute Gasteiger partial charge is 0.255 e. The number of hydrogen-bond donors (Lipinski definition) is 3. The van der Waals surface area contributed by atoms with Crippen LogP contribution in [0.1, 0.15) is 126 Å². The summed E-state index contributed by atoms with van der Waals surface area (Å²) in [6.07, 6.45) is 3.64. The number of H-pyrrole nitrogens is 1. The molecule has 0 bridgehead atoms. The highest BCUT2D eigenvalue weighted by Gasteiger charge is 2.44. The predicted octanol–water partition coefficient (Wildman–Crippen LogP) is 10.0. The fourth-order valence-corrected chi connectivity index (χ4v) is 12.1. The van der Waals surface area contributed by atoms with Crippen molar-refractivity contribution in [1.29, 1.82) is 0 Å². The molecule has 2 saturated heterocycles. The van der Waals surface area contributed by atoms with Crippen LogP contribution in [0.25, 0.3) is 21.6 Å². The number of pyridine rings is 1. The maximum Gasteiger partial charge on any atom is 0.255 e. The molecule has 3 aliphatic heterocycles. The van der Waals surface area contributed by atoms with E-state index in [9.17, 15) is 24.0 Å². The minimum absolute atomic E-state index is 0.110. The summed E-state index contributed by atoms with van der Waals surface area (Å²) in [6, 6.07) is 26.2. The van der Waals surface area contributed by atoms with Crippen molar-refractivity contribution < 1.29 is 33.4 Å². The number of aromatic amines is 1. The maximum atomic E-state index is 14.5. The van der Waals surface area contributed by atoms with Crippen LogP contribution in [0.2, 0.25) is 0 Å². The van der Waals surface area contributed by atoms with Crippen LogP contribution < -0.4 is 30.6 Å². The first-order valence-electron chi connectivity index (χ1n) is 27.5. The molecule has 15 nitrogen and oxygen atoms in total. The topological polar surface area (TPSA) is 176 Å². The van der Waals surface area contributed by atoms with Crippen molar-refractivity contribution in [1.82, 2.24) is 30.4 Å². The molecule has 2 aromatic heterocycles. The van der Waals surface area contributed by atoms with Gasteiger partial charge < -0.3 is 44.5 Å². The SMILES string of the molecule is CCN(c1cc(-c2ccc(OCCCOc3ccc4c(c3)C(=O)N(C(C(=O)N3CCCC3C(=O)NC(C)c3ccc(-c5scnc5C)cc3)C(C)C)C4)cc2)cc(C(=O)NCc2c(C)cc(C)[nH]c2=O)c1C)C1CCOCC1. The molecule has 2 fully saturated rings. The highest BCUT2D eigenvalue weighted by atomic mass is 32.1. The number of nitrogens with one attached hydrogen (secondary N) is 3. The number of aryl methyl sites for hydroxylation is 3. The number of nitrogens with zero attached hydrogens (tertiary/aromatic N) is 4. The summed E-state index contributed by atoms with van der Waals surface area (Å²) in [6.45, 7) is 19.5. The summed E-state index contributed by atoms with van der Waals surface area (Å²) in [7, 11) is 0. The third-order valence-corrected chi connectivity index (χ3v) is 16.6. The largest absolute Gasteiger partial charge is 0.493 e. The monoisotopic (exact) mass is 1080 g/mol. The lowest BCUT2D eigenvalue weighted by Crippen LogP contribution is -2.55. The lowest BCUT2D eigenvalue weighted by atomic mass is 9.95. The molecule has 0 saturated carbocycles. The van der Waals surface area contributed by atoms with Crippen LogP contribution in [-0.2, 0) is 27.4 Å². The van der Waals surface area contributed by atoms with Gasteiger partial charge in [-0.1, -0.05) is 56.3 Å². The summed E-state index contributed by atoms with van der Waals surface area (Å²) in [5.74, 6) is 0.179. The average molecular weight is 1080 g/mol. The van der Waals surface area contributed by atoms with Crippen LogP contribution in [0, 0.1) is 33.6 Å². The van der Waals surface area contributed by atoms with E-state index >= 15 is 0 Å².